The van der Waals surface area contributed by atoms with Gasteiger partial charge in [-0.1, -0.05) is 35.0 Å². The van der Waals surface area contributed by atoms with Gasteiger partial charge in [0.1, 0.15) is 16.4 Å². The number of phenolic OH excluding ortho intramolecular Hbond substituents is 1. The van der Waals surface area contributed by atoms with E-state index in [1.54, 1.807) is 12.1 Å². The van der Waals surface area contributed by atoms with Gasteiger partial charge in [-0.3, -0.25) is 4.79 Å². The summed E-state index contributed by atoms with van der Waals surface area (Å²) >= 11 is 3.24. The molecule has 14 heavy (non-hydrogen) atoms. The van der Waals surface area contributed by atoms with E-state index in [1.807, 2.05) is 13.0 Å². The molecule has 0 saturated heterocycles. The highest BCUT2D eigenvalue weighted by molar-refractivity contribution is 9.09. The first kappa shape index (κ1) is 11.2. The van der Waals surface area contributed by atoms with Crippen LogP contribution in [0.4, 0.5) is 0 Å². The van der Waals surface area contributed by atoms with Gasteiger partial charge in [-0.2, -0.15) is 0 Å². The summed E-state index contributed by atoms with van der Waals surface area (Å²) in [6.45, 7) is 3.51. The molecule has 0 radical (unpaired) electrons. The first-order valence-electron chi connectivity index (χ1n) is 4.52. The quantitative estimate of drug-likeness (QED) is 0.845. The number of benzene rings is 1. The highest BCUT2D eigenvalue weighted by Gasteiger charge is 2.16. The lowest BCUT2D eigenvalue weighted by Crippen LogP contribution is -2.01. The number of hydrogen-bond donors (Lipinski definition) is 1. The zero-order valence-corrected chi connectivity index (χ0v) is 9.84. The number of aryl methyl sites for hydroxylation is 1. The Bertz CT molecular complexity index is 347. The molecule has 0 amide bonds. The lowest BCUT2D eigenvalue weighted by Gasteiger charge is -2.09. The number of rotatable bonds is 3. The number of aromatic hydroxyl groups is 1. The van der Waals surface area contributed by atoms with Gasteiger partial charge in [0.25, 0.3) is 0 Å². The number of phenols is 1. The maximum atomic E-state index is 11.1. The van der Waals surface area contributed by atoms with Crippen molar-refractivity contribution in [3.8, 4) is 5.75 Å². The van der Waals surface area contributed by atoms with Crippen molar-refractivity contribution in [3.05, 3.63) is 29.3 Å². The van der Waals surface area contributed by atoms with E-state index < -0.39 is 4.83 Å². The van der Waals surface area contributed by atoms with E-state index in [0.29, 0.717) is 5.56 Å². The van der Waals surface area contributed by atoms with E-state index in [2.05, 4.69) is 15.9 Å². The Morgan fingerprint density at radius 1 is 1.57 bits per heavy atom. The van der Waals surface area contributed by atoms with E-state index in [9.17, 15) is 9.90 Å². The molecule has 0 aliphatic carbocycles. The SMILES string of the molecule is CCc1ccc(C(Br)C(C)=O)c(O)c1. The van der Waals surface area contributed by atoms with Gasteiger partial charge >= 0.3 is 0 Å². The topological polar surface area (TPSA) is 37.3 Å². The van der Waals surface area contributed by atoms with Crippen LogP contribution in [0.5, 0.6) is 5.75 Å². The lowest BCUT2D eigenvalue weighted by atomic mass is 10.0. The lowest BCUT2D eigenvalue weighted by molar-refractivity contribution is -0.116. The molecule has 76 valence electrons. The van der Waals surface area contributed by atoms with Crippen molar-refractivity contribution in [1.29, 1.82) is 0 Å². The average molecular weight is 257 g/mol. The minimum Gasteiger partial charge on any atom is -0.508 e. The second-order valence-electron chi connectivity index (χ2n) is 3.22. The van der Waals surface area contributed by atoms with Crippen molar-refractivity contribution in [2.45, 2.75) is 25.1 Å². The first-order chi connectivity index (χ1) is 6.56. The smallest absolute Gasteiger partial charge is 0.147 e. The van der Waals surface area contributed by atoms with Gasteiger partial charge in [0.2, 0.25) is 0 Å². The molecular weight excluding hydrogens is 244 g/mol. The molecule has 0 heterocycles. The molecular formula is C11H13BrO2. The van der Waals surface area contributed by atoms with Crippen LogP contribution >= 0.6 is 15.9 Å². The average Bonchev–Trinajstić information content (AvgIpc) is 2.16. The molecule has 0 aliphatic rings. The molecule has 0 saturated carbocycles. The summed E-state index contributed by atoms with van der Waals surface area (Å²) < 4.78 is 0. The van der Waals surface area contributed by atoms with Crippen molar-refractivity contribution in [1.82, 2.24) is 0 Å². The van der Waals surface area contributed by atoms with Crippen LogP contribution in [0.2, 0.25) is 0 Å². The van der Waals surface area contributed by atoms with Gasteiger partial charge in [0.05, 0.1) is 0 Å². The van der Waals surface area contributed by atoms with Crippen molar-refractivity contribution >= 4 is 21.7 Å². The first-order valence-corrected chi connectivity index (χ1v) is 5.44. The number of halogens is 1. The summed E-state index contributed by atoms with van der Waals surface area (Å²) in [4.78, 5) is 10.7. The highest BCUT2D eigenvalue weighted by atomic mass is 79.9. The summed E-state index contributed by atoms with van der Waals surface area (Å²) in [5.41, 5.74) is 1.70. The van der Waals surface area contributed by atoms with Gasteiger partial charge in [-0.15, -0.1) is 0 Å². The monoisotopic (exact) mass is 256 g/mol. The zero-order chi connectivity index (χ0) is 10.7. The van der Waals surface area contributed by atoms with E-state index in [1.165, 1.54) is 6.92 Å². The van der Waals surface area contributed by atoms with Crippen LogP contribution in [0.1, 0.15) is 29.8 Å². The van der Waals surface area contributed by atoms with Crippen LogP contribution in [0.15, 0.2) is 18.2 Å². The second-order valence-corrected chi connectivity index (χ2v) is 4.14. The predicted octanol–water partition coefficient (Wildman–Crippen LogP) is 2.98. The van der Waals surface area contributed by atoms with Crippen LogP contribution < -0.4 is 0 Å². The zero-order valence-electron chi connectivity index (χ0n) is 8.25. The standard InChI is InChI=1S/C11H13BrO2/c1-3-8-4-5-9(10(14)6-8)11(12)7(2)13/h4-6,11,14H,3H2,1-2H3. The third-order valence-corrected chi connectivity index (χ3v) is 3.27. The van der Waals surface area contributed by atoms with Crippen molar-refractivity contribution in [2.75, 3.05) is 0 Å². The predicted molar refractivity (Wildman–Crippen MR) is 59.8 cm³/mol. The fourth-order valence-corrected chi connectivity index (χ4v) is 1.63. The molecule has 0 spiro atoms. The molecule has 0 bridgehead atoms. The number of carbonyl (C=O) groups is 1. The maximum Gasteiger partial charge on any atom is 0.147 e. The molecule has 1 unspecified atom stereocenters. The van der Waals surface area contributed by atoms with Crippen LogP contribution in [0.3, 0.4) is 0 Å². The van der Waals surface area contributed by atoms with Crippen molar-refractivity contribution in [2.24, 2.45) is 0 Å². The Hall–Kier alpha value is -0.830. The Labute approximate surface area is 92.1 Å². The largest absolute Gasteiger partial charge is 0.508 e. The van der Waals surface area contributed by atoms with E-state index in [0.717, 1.165) is 12.0 Å². The maximum absolute atomic E-state index is 11.1. The number of alkyl halides is 1. The third-order valence-electron chi connectivity index (χ3n) is 2.13. The fourth-order valence-electron chi connectivity index (χ4n) is 1.24. The summed E-state index contributed by atoms with van der Waals surface area (Å²) in [6.07, 6.45) is 0.876. The molecule has 3 heteroatoms. The molecule has 1 rings (SSSR count). The summed E-state index contributed by atoms with van der Waals surface area (Å²) in [5.74, 6) is 0.172. The van der Waals surface area contributed by atoms with Crippen molar-refractivity contribution in [3.63, 3.8) is 0 Å². The highest BCUT2D eigenvalue weighted by Crippen LogP contribution is 2.31. The van der Waals surface area contributed by atoms with E-state index in [-0.39, 0.29) is 11.5 Å². The van der Waals surface area contributed by atoms with Gasteiger partial charge in [-0.25, -0.2) is 0 Å². The molecule has 1 N–H and O–H groups in total. The third kappa shape index (κ3) is 2.35. The Balaban J connectivity index is 3.05. The molecule has 1 aromatic carbocycles. The van der Waals surface area contributed by atoms with E-state index >= 15 is 0 Å². The molecule has 0 aliphatic heterocycles. The summed E-state index contributed by atoms with van der Waals surface area (Å²) in [5, 5.41) is 9.66. The molecule has 2 nitrogen and oxygen atoms in total. The number of hydrogen-bond acceptors (Lipinski definition) is 2. The summed E-state index contributed by atoms with van der Waals surface area (Å²) in [6, 6.07) is 5.41. The van der Waals surface area contributed by atoms with Crippen molar-refractivity contribution < 1.29 is 9.90 Å². The van der Waals surface area contributed by atoms with Crippen LogP contribution in [-0.4, -0.2) is 10.9 Å². The van der Waals surface area contributed by atoms with Gasteiger partial charge in [0.15, 0.2) is 0 Å². The molecule has 1 atom stereocenters. The van der Waals surface area contributed by atoms with Crippen LogP contribution in [0.25, 0.3) is 0 Å². The number of ketones is 1. The normalized spacial score (nSPS) is 12.5. The molecule has 1 aromatic rings. The fraction of sp³-hybridized carbons (Fsp3) is 0.364. The van der Waals surface area contributed by atoms with Gasteiger partial charge in [0, 0.05) is 5.56 Å². The number of Topliss-reactive ketones (excluding diaryl/α,β-unsaturated/α-hetero) is 1. The Kier molecular flexibility index (Phi) is 3.69. The minimum atomic E-state index is -0.409. The molecule has 0 fully saturated rings. The van der Waals surface area contributed by atoms with E-state index in [4.69, 9.17) is 0 Å². The Morgan fingerprint density at radius 2 is 2.21 bits per heavy atom. The van der Waals surface area contributed by atoms with Crippen LogP contribution in [-0.2, 0) is 11.2 Å². The van der Waals surface area contributed by atoms with Gasteiger partial charge < -0.3 is 5.11 Å². The second kappa shape index (κ2) is 4.60. The molecule has 0 aromatic heterocycles. The Morgan fingerprint density at radius 3 is 2.64 bits per heavy atom. The summed E-state index contributed by atoms with van der Waals surface area (Å²) in [7, 11) is 0. The van der Waals surface area contributed by atoms with Crippen LogP contribution in [0, 0.1) is 0 Å². The van der Waals surface area contributed by atoms with Gasteiger partial charge in [-0.05, 0) is 25.0 Å². The number of carbonyl (C=O) groups excluding carboxylic acids is 1. The minimum absolute atomic E-state index is 0.00968.